The van der Waals surface area contributed by atoms with Crippen molar-refractivity contribution in [1.29, 1.82) is 0 Å². The van der Waals surface area contributed by atoms with Gasteiger partial charge in [0, 0.05) is 0 Å². The van der Waals surface area contributed by atoms with Crippen molar-refractivity contribution in [2.24, 2.45) is 5.73 Å². The zero-order valence-corrected chi connectivity index (χ0v) is 6.57. The van der Waals surface area contributed by atoms with E-state index in [0.717, 1.165) is 0 Å². The molecule has 3 unspecified atom stereocenters. The first-order chi connectivity index (χ1) is 5.95. The standard InChI is InChI=1S/C6H11NO6/c7-1(5(10)11)4-2(8)3(9)6(12)13-4/h1-4,6,8-9,12H,7H2,(H,10,11)/t1?,2?,3-,4?,6+/m1/s1. The Labute approximate surface area is 73.4 Å². The predicted molar refractivity (Wildman–Crippen MR) is 38.5 cm³/mol. The number of hydrogen-bond acceptors (Lipinski definition) is 6. The number of aliphatic hydroxyl groups excluding tert-OH is 3. The summed E-state index contributed by atoms with van der Waals surface area (Å²) in [6.45, 7) is 0. The van der Waals surface area contributed by atoms with E-state index in [0.29, 0.717) is 0 Å². The van der Waals surface area contributed by atoms with E-state index < -0.39 is 36.6 Å². The first kappa shape index (κ1) is 10.4. The van der Waals surface area contributed by atoms with Gasteiger partial charge in [0.1, 0.15) is 24.4 Å². The number of carboxylic acids is 1. The summed E-state index contributed by atoms with van der Waals surface area (Å²) in [4.78, 5) is 10.4. The van der Waals surface area contributed by atoms with Gasteiger partial charge >= 0.3 is 5.97 Å². The van der Waals surface area contributed by atoms with Gasteiger partial charge in [-0.1, -0.05) is 0 Å². The molecule has 0 bridgehead atoms. The van der Waals surface area contributed by atoms with Crippen molar-refractivity contribution >= 4 is 5.97 Å². The van der Waals surface area contributed by atoms with Gasteiger partial charge in [0.05, 0.1) is 0 Å². The molecule has 0 radical (unpaired) electrons. The number of hydrogen-bond donors (Lipinski definition) is 5. The second kappa shape index (κ2) is 3.56. The van der Waals surface area contributed by atoms with Gasteiger partial charge in [-0.25, -0.2) is 0 Å². The van der Waals surface area contributed by atoms with Crippen LogP contribution < -0.4 is 5.73 Å². The van der Waals surface area contributed by atoms with E-state index in [-0.39, 0.29) is 0 Å². The highest BCUT2D eigenvalue weighted by Gasteiger charge is 2.46. The average Bonchev–Trinajstić information content (AvgIpc) is 2.31. The maximum atomic E-state index is 10.4. The molecule has 0 amide bonds. The Kier molecular flexibility index (Phi) is 2.84. The van der Waals surface area contributed by atoms with E-state index in [1.807, 2.05) is 0 Å². The second-order valence-electron chi connectivity index (χ2n) is 2.84. The fourth-order valence-electron chi connectivity index (χ4n) is 1.12. The molecule has 13 heavy (non-hydrogen) atoms. The third-order valence-corrected chi connectivity index (χ3v) is 1.91. The number of ether oxygens (including phenoxy) is 1. The lowest BCUT2D eigenvalue weighted by atomic mass is 10.0. The lowest BCUT2D eigenvalue weighted by molar-refractivity contribution is -0.151. The zero-order valence-electron chi connectivity index (χ0n) is 6.57. The summed E-state index contributed by atoms with van der Waals surface area (Å²) in [5.41, 5.74) is 5.13. The van der Waals surface area contributed by atoms with Gasteiger partial charge in [0.15, 0.2) is 6.29 Å². The fraction of sp³-hybridized carbons (Fsp3) is 0.833. The van der Waals surface area contributed by atoms with Crippen molar-refractivity contribution in [1.82, 2.24) is 0 Å². The summed E-state index contributed by atoms with van der Waals surface area (Å²) in [7, 11) is 0. The van der Waals surface area contributed by atoms with Crippen LogP contribution in [0.15, 0.2) is 0 Å². The summed E-state index contributed by atoms with van der Waals surface area (Å²) >= 11 is 0. The maximum Gasteiger partial charge on any atom is 0.323 e. The Bertz CT molecular complexity index is 209. The molecule has 0 aromatic heterocycles. The van der Waals surface area contributed by atoms with Gasteiger partial charge in [-0.05, 0) is 0 Å². The van der Waals surface area contributed by atoms with Crippen molar-refractivity contribution in [3.63, 3.8) is 0 Å². The molecule has 1 aliphatic heterocycles. The number of nitrogens with two attached hydrogens (primary N) is 1. The molecule has 0 aromatic carbocycles. The third-order valence-electron chi connectivity index (χ3n) is 1.91. The molecular weight excluding hydrogens is 182 g/mol. The fourth-order valence-corrected chi connectivity index (χ4v) is 1.12. The van der Waals surface area contributed by atoms with Gasteiger partial charge in [0.2, 0.25) is 0 Å². The topological polar surface area (TPSA) is 133 Å². The molecule has 76 valence electrons. The molecule has 0 spiro atoms. The van der Waals surface area contributed by atoms with E-state index in [4.69, 9.17) is 26.2 Å². The van der Waals surface area contributed by atoms with Crippen LogP contribution in [-0.4, -0.2) is 57.0 Å². The van der Waals surface area contributed by atoms with E-state index in [1.54, 1.807) is 0 Å². The quantitative estimate of drug-likeness (QED) is 0.312. The number of aliphatic carboxylic acids is 1. The van der Waals surface area contributed by atoms with Crippen LogP contribution in [0.25, 0.3) is 0 Å². The lowest BCUT2D eigenvalue weighted by Gasteiger charge is -2.17. The smallest absolute Gasteiger partial charge is 0.323 e. The van der Waals surface area contributed by atoms with Crippen molar-refractivity contribution in [3.05, 3.63) is 0 Å². The number of rotatable bonds is 2. The second-order valence-corrected chi connectivity index (χ2v) is 2.84. The van der Waals surface area contributed by atoms with Gasteiger partial charge in [-0.15, -0.1) is 0 Å². The summed E-state index contributed by atoms with van der Waals surface area (Å²) < 4.78 is 4.56. The molecule has 1 heterocycles. The Morgan fingerprint density at radius 1 is 1.31 bits per heavy atom. The third kappa shape index (κ3) is 1.79. The molecule has 1 rings (SSSR count). The van der Waals surface area contributed by atoms with Crippen LogP contribution in [-0.2, 0) is 9.53 Å². The number of carbonyl (C=O) groups is 1. The van der Waals surface area contributed by atoms with Crippen LogP contribution in [0.4, 0.5) is 0 Å². The molecule has 0 aliphatic carbocycles. The molecule has 6 N–H and O–H groups in total. The summed E-state index contributed by atoms with van der Waals surface area (Å²) in [5, 5.41) is 35.5. The van der Waals surface area contributed by atoms with Gasteiger partial charge in [-0.3, -0.25) is 4.79 Å². The van der Waals surface area contributed by atoms with Gasteiger partial charge < -0.3 is 30.9 Å². The van der Waals surface area contributed by atoms with Crippen LogP contribution in [0.3, 0.4) is 0 Å². The monoisotopic (exact) mass is 193 g/mol. The summed E-state index contributed by atoms with van der Waals surface area (Å²) in [5.74, 6) is -1.37. The minimum absolute atomic E-state index is 1.29. The number of carboxylic acid groups (broad SMARTS) is 1. The molecule has 1 aliphatic rings. The van der Waals surface area contributed by atoms with Crippen molar-refractivity contribution in [2.75, 3.05) is 0 Å². The molecular formula is C6H11NO6. The van der Waals surface area contributed by atoms with E-state index in [1.165, 1.54) is 0 Å². The SMILES string of the molecule is NC(C(=O)O)C1O[C@H](O)[C@H](O)C1O. The first-order valence-electron chi connectivity index (χ1n) is 3.63. The van der Waals surface area contributed by atoms with Crippen LogP contribution in [0.1, 0.15) is 0 Å². The predicted octanol–water partition coefficient (Wildman–Crippen LogP) is -3.16. The lowest BCUT2D eigenvalue weighted by Crippen LogP contribution is -2.48. The normalized spacial score (nSPS) is 41.8. The Morgan fingerprint density at radius 2 is 1.85 bits per heavy atom. The van der Waals surface area contributed by atoms with Crippen LogP contribution in [0, 0.1) is 0 Å². The van der Waals surface area contributed by atoms with Gasteiger partial charge in [-0.2, -0.15) is 0 Å². The van der Waals surface area contributed by atoms with E-state index >= 15 is 0 Å². The highest BCUT2D eigenvalue weighted by molar-refractivity contribution is 5.74. The van der Waals surface area contributed by atoms with Gasteiger partial charge in [0.25, 0.3) is 0 Å². The molecule has 1 fully saturated rings. The summed E-state index contributed by atoms with van der Waals surface area (Å²) in [6.07, 6.45) is -5.88. The molecule has 5 atom stereocenters. The Morgan fingerprint density at radius 3 is 2.15 bits per heavy atom. The number of aliphatic hydroxyl groups is 3. The van der Waals surface area contributed by atoms with E-state index in [9.17, 15) is 4.79 Å². The molecule has 7 nitrogen and oxygen atoms in total. The molecule has 7 heteroatoms. The summed E-state index contributed by atoms with van der Waals surface area (Å²) in [6, 6.07) is -1.47. The molecule has 0 aromatic rings. The minimum atomic E-state index is -1.59. The highest BCUT2D eigenvalue weighted by atomic mass is 16.6. The maximum absolute atomic E-state index is 10.4. The van der Waals surface area contributed by atoms with Crippen LogP contribution in [0.5, 0.6) is 0 Å². The molecule has 1 saturated heterocycles. The Hall–Kier alpha value is -0.730. The molecule has 0 saturated carbocycles. The first-order valence-corrected chi connectivity index (χ1v) is 3.63. The highest BCUT2D eigenvalue weighted by Crippen LogP contribution is 2.21. The minimum Gasteiger partial charge on any atom is -0.480 e. The van der Waals surface area contributed by atoms with Crippen LogP contribution >= 0.6 is 0 Å². The van der Waals surface area contributed by atoms with Crippen molar-refractivity contribution in [2.45, 2.75) is 30.6 Å². The Balaban J connectivity index is 2.68. The zero-order chi connectivity index (χ0) is 10.2. The van der Waals surface area contributed by atoms with E-state index in [2.05, 4.69) is 4.74 Å². The average molecular weight is 193 g/mol. The van der Waals surface area contributed by atoms with Crippen molar-refractivity contribution in [3.8, 4) is 0 Å². The van der Waals surface area contributed by atoms with Crippen molar-refractivity contribution < 1.29 is 30.0 Å². The van der Waals surface area contributed by atoms with Crippen LogP contribution in [0.2, 0.25) is 0 Å². The largest absolute Gasteiger partial charge is 0.480 e.